The molecule has 1 aliphatic heterocycles. The second kappa shape index (κ2) is 12.2. The summed E-state index contributed by atoms with van der Waals surface area (Å²) in [6.07, 6.45) is 0.808. The van der Waals surface area contributed by atoms with Crippen LogP contribution in [0, 0.1) is 0 Å². The number of amides is 1. The fourth-order valence-corrected chi connectivity index (χ4v) is 3.73. The lowest BCUT2D eigenvalue weighted by Crippen LogP contribution is -2.38. The van der Waals surface area contributed by atoms with Crippen LogP contribution in [0.3, 0.4) is 0 Å². The van der Waals surface area contributed by atoms with E-state index in [1.807, 2.05) is 24.3 Å². The van der Waals surface area contributed by atoms with Crippen LogP contribution >= 0.6 is 0 Å². The van der Waals surface area contributed by atoms with Crippen molar-refractivity contribution in [1.29, 1.82) is 0 Å². The van der Waals surface area contributed by atoms with E-state index in [4.69, 9.17) is 4.74 Å². The monoisotopic (exact) mass is 437 g/mol. The number of rotatable bonds is 8. The van der Waals surface area contributed by atoms with Gasteiger partial charge in [0.15, 0.2) is 5.96 Å². The van der Waals surface area contributed by atoms with Crippen LogP contribution in [0.15, 0.2) is 53.5 Å². The highest BCUT2D eigenvalue weighted by Crippen LogP contribution is 2.13. The van der Waals surface area contributed by atoms with E-state index >= 15 is 0 Å². The zero-order valence-electron chi connectivity index (χ0n) is 19.4. The van der Waals surface area contributed by atoms with Crippen molar-refractivity contribution in [3.05, 3.63) is 70.8 Å². The highest BCUT2D eigenvalue weighted by molar-refractivity contribution is 5.94. The maximum absolute atomic E-state index is 12.2. The number of carbonyl (C=O) groups is 1. The molecule has 0 unspecified atom stereocenters. The summed E-state index contributed by atoms with van der Waals surface area (Å²) in [5.74, 6) is 0.791. The number of benzene rings is 2. The Labute approximate surface area is 191 Å². The average Bonchev–Trinajstić information content (AvgIpc) is 2.82. The van der Waals surface area contributed by atoms with Crippen molar-refractivity contribution in [2.24, 2.45) is 4.99 Å². The third-order valence-corrected chi connectivity index (χ3v) is 5.57. The lowest BCUT2D eigenvalue weighted by Gasteiger charge is -2.27. The van der Waals surface area contributed by atoms with Crippen molar-refractivity contribution in [2.75, 3.05) is 54.0 Å². The number of carbonyl (C=O) groups excluding carboxylic acids is 1. The second-order valence-electron chi connectivity index (χ2n) is 8.16. The van der Waals surface area contributed by atoms with Gasteiger partial charge in [-0.15, -0.1) is 0 Å². The molecule has 2 aromatic rings. The Balaban J connectivity index is 1.50. The zero-order valence-corrected chi connectivity index (χ0v) is 19.4. The second-order valence-corrected chi connectivity index (χ2v) is 8.16. The molecule has 0 radical (unpaired) electrons. The molecule has 1 heterocycles. The Morgan fingerprint density at radius 2 is 1.81 bits per heavy atom. The van der Waals surface area contributed by atoms with Gasteiger partial charge in [-0.25, -0.2) is 0 Å². The highest BCUT2D eigenvalue weighted by Gasteiger charge is 2.13. The largest absolute Gasteiger partial charge is 0.379 e. The van der Waals surface area contributed by atoms with Crippen LogP contribution in [-0.4, -0.2) is 75.7 Å². The first-order chi connectivity index (χ1) is 15.6. The normalized spacial score (nSPS) is 14.8. The fraction of sp³-hybridized carbons (Fsp3) is 0.440. The van der Waals surface area contributed by atoms with E-state index in [9.17, 15) is 4.79 Å². The predicted molar refractivity (Wildman–Crippen MR) is 129 cm³/mol. The van der Waals surface area contributed by atoms with Crippen LogP contribution in [0.4, 0.5) is 0 Å². The summed E-state index contributed by atoms with van der Waals surface area (Å²) >= 11 is 0. The molecule has 172 valence electrons. The molecule has 7 heteroatoms. The predicted octanol–water partition coefficient (Wildman–Crippen LogP) is 2.13. The molecule has 2 aromatic carbocycles. The molecule has 2 N–H and O–H groups in total. The molecule has 0 atom stereocenters. The van der Waals surface area contributed by atoms with E-state index in [0.717, 1.165) is 57.3 Å². The van der Waals surface area contributed by atoms with E-state index in [2.05, 4.69) is 44.8 Å². The Kier molecular flexibility index (Phi) is 9.07. The van der Waals surface area contributed by atoms with Crippen LogP contribution < -0.4 is 10.6 Å². The first-order valence-corrected chi connectivity index (χ1v) is 11.2. The minimum absolute atomic E-state index is 0.0213. The minimum atomic E-state index is 0.0213. The van der Waals surface area contributed by atoms with E-state index in [1.165, 1.54) is 11.1 Å². The quantitative estimate of drug-likeness (QED) is 0.489. The molecule has 0 saturated carbocycles. The Hall–Kier alpha value is -2.90. The van der Waals surface area contributed by atoms with Crippen LogP contribution in [0.2, 0.25) is 0 Å². The standard InChI is InChI=1S/C25H35N5O2/c1-26-25(27-12-11-20-7-6-10-21(17-20)24(31)29(2)3)28-18-22-8-4-5-9-23(22)19-30-13-15-32-16-14-30/h4-10,17H,11-16,18-19H2,1-3H3,(H2,26,27,28). The molecular formula is C25H35N5O2. The number of hydrogen-bond donors (Lipinski definition) is 2. The van der Waals surface area contributed by atoms with E-state index < -0.39 is 0 Å². The van der Waals surface area contributed by atoms with Crippen molar-refractivity contribution < 1.29 is 9.53 Å². The minimum Gasteiger partial charge on any atom is -0.379 e. The SMILES string of the molecule is CN=C(NCCc1cccc(C(=O)N(C)C)c1)NCc1ccccc1CN1CCOCC1. The molecule has 7 nitrogen and oxygen atoms in total. The Morgan fingerprint density at radius 1 is 1.06 bits per heavy atom. The van der Waals surface area contributed by atoms with Gasteiger partial charge >= 0.3 is 0 Å². The van der Waals surface area contributed by atoms with Crippen molar-refractivity contribution in [2.45, 2.75) is 19.5 Å². The summed E-state index contributed by atoms with van der Waals surface area (Å²) in [5.41, 5.74) is 4.44. The summed E-state index contributed by atoms with van der Waals surface area (Å²) in [6, 6.07) is 16.3. The van der Waals surface area contributed by atoms with Gasteiger partial charge in [-0.2, -0.15) is 0 Å². The molecule has 0 aromatic heterocycles. The zero-order chi connectivity index (χ0) is 22.8. The third kappa shape index (κ3) is 7.07. The maximum atomic E-state index is 12.2. The van der Waals surface area contributed by atoms with Gasteiger partial charge in [0.05, 0.1) is 13.2 Å². The number of nitrogens with one attached hydrogen (secondary N) is 2. The molecule has 1 aliphatic rings. The summed E-state index contributed by atoms with van der Waals surface area (Å²) in [6.45, 7) is 5.96. The first-order valence-electron chi connectivity index (χ1n) is 11.2. The average molecular weight is 438 g/mol. The Bertz CT molecular complexity index is 907. The molecule has 0 spiro atoms. The van der Waals surface area contributed by atoms with Crippen molar-refractivity contribution in [3.63, 3.8) is 0 Å². The van der Waals surface area contributed by atoms with Crippen LogP contribution in [0.25, 0.3) is 0 Å². The summed E-state index contributed by atoms with van der Waals surface area (Å²) < 4.78 is 5.46. The van der Waals surface area contributed by atoms with E-state index in [1.54, 1.807) is 26.0 Å². The third-order valence-electron chi connectivity index (χ3n) is 5.57. The van der Waals surface area contributed by atoms with Gasteiger partial charge < -0.3 is 20.3 Å². The summed E-state index contributed by atoms with van der Waals surface area (Å²) in [7, 11) is 5.32. The molecule has 1 amide bonds. The maximum Gasteiger partial charge on any atom is 0.253 e. The Morgan fingerprint density at radius 3 is 2.53 bits per heavy atom. The molecular weight excluding hydrogens is 402 g/mol. The van der Waals surface area contributed by atoms with Crippen molar-refractivity contribution in [3.8, 4) is 0 Å². The van der Waals surface area contributed by atoms with Crippen LogP contribution in [0.1, 0.15) is 27.0 Å². The molecule has 32 heavy (non-hydrogen) atoms. The highest BCUT2D eigenvalue weighted by atomic mass is 16.5. The van der Waals surface area contributed by atoms with Gasteiger partial charge in [0.25, 0.3) is 5.91 Å². The lowest BCUT2D eigenvalue weighted by molar-refractivity contribution is 0.0341. The van der Waals surface area contributed by atoms with Gasteiger partial charge in [-0.1, -0.05) is 36.4 Å². The molecule has 3 rings (SSSR count). The number of ether oxygens (including phenoxy) is 1. The molecule has 0 aliphatic carbocycles. The number of morpholine rings is 1. The lowest BCUT2D eigenvalue weighted by atomic mass is 10.1. The smallest absolute Gasteiger partial charge is 0.253 e. The topological polar surface area (TPSA) is 69.2 Å². The fourth-order valence-electron chi connectivity index (χ4n) is 3.73. The number of nitrogens with zero attached hydrogens (tertiary/aromatic N) is 3. The first kappa shape index (κ1) is 23.8. The van der Waals surface area contributed by atoms with Gasteiger partial charge in [-0.05, 0) is 35.2 Å². The van der Waals surface area contributed by atoms with Gasteiger partial charge in [0.1, 0.15) is 0 Å². The number of aliphatic imine (C=N–C) groups is 1. The van der Waals surface area contributed by atoms with Crippen LogP contribution in [-0.2, 0) is 24.2 Å². The van der Waals surface area contributed by atoms with E-state index in [-0.39, 0.29) is 5.91 Å². The molecule has 0 bridgehead atoms. The van der Waals surface area contributed by atoms with Gasteiger partial charge in [-0.3, -0.25) is 14.7 Å². The number of guanidine groups is 1. The summed E-state index contributed by atoms with van der Waals surface area (Å²) in [5, 5.41) is 6.81. The van der Waals surface area contributed by atoms with E-state index in [0.29, 0.717) is 12.1 Å². The molecule has 1 saturated heterocycles. The van der Waals surface area contributed by atoms with Crippen molar-refractivity contribution >= 4 is 11.9 Å². The summed E-state index contributed by atoms with van der Waals surface area (Å²) in [4.78, 5) is 20.6. The molecule has 1 fully saturated rings. The number of hydrogen-bond acceptors (Lipinski definition) is 4. The van der Waals surface area contributed by atoms with Gasteiger partial charge in [0.2, 0.25) is 0 Å². The van der Waals surface area contributed by atoms with Crippen LogP contribution in [0.5, 0.6) is 0 Å². The van der Waals surface area contributed by atoms with Crippen molar-refractivity contribution in [1.82, 2.24) is 20.4 Å². The van der Waals surface area contributed by atoms with Gasteiger partial charge in [0, 0.05) is 59.4 Å².